The van der Waals surface area contributed by atoms with Crippen molar-refractivity contribution in [2.45, 2.75) is 10.7 Å². The van der Waals surface area contributed by atoms with Crippen molar-refractivity contribution in [2.24, 2.45) is 0 Å². The van der Waals surface area contributed by atoms with Crippen LogP contribution in [0, 0.1) is 0 Å². The minimum atomic E-state index is -2.53. The summed E-state index contributed by atoms with van der Waals surface area (Å²) in [5.41, 5.74) is 3.08. The summed E-state index contributed by atoms with van der Waals surface area (Å²) in [5.74, 6) is -3.28. The van der Waals surface area contributed by atoms with Gasteiger partial charge in [0, 0.05) is 33.8 Å². The van der Waals surface area contributed by atoms with Crippen molar-refractivity contribution in [1.29, 1.82) is 0 Å². The molecule has 39 heavy (non-hydrogen) atoms. The maximum absolute atomic E-state index is 12.4. The van der Waals surface area contributed by atoms with Crippen molar-refractivity contribution in [2.75, 3.05) is 11.9 Å². The van der Waals surface area contributed by atoms with Gasteiger partial charge in [0.2, 0.25) is 0 Å². The number of halogens is 2. The minimum Gasteiger partial charge on any atom is -0.454 e. The number of para-hydroxylation sites is 2. The van der Waals surface area contributed by atoms with Gasteiger partial charge in [0.15, 0.2) is 12.4 Å². The molecule has 7 nitrogen and oxygen atoms in total. The lowest BCUT2D eigenvalue weighted by Gasteiger charge is -2.06. The van der Waals surface area contributed by atoms with Crippen molar-refractivity contribution in [3.8, 4) is 17.1 Å². The highest BCUT2D eigenvalue weighted by molar-refractivity contribution is 7.99. The number of amides is 1. The number of carbonyl (C=O) groups is 2. The van der Waals surface area contributed by atoms with Gasteiger partial charge in [0.1, 0.15) is 11.3 Å². The fourth-order valence-electron chi connectivity index (χ4n) is 3.77. The maximum atomic E-state index is 12.4. The van der Waals surface area contributed by atoms with Crippen LogP contribution in [0.1, 0.15) is 5.56 Å². The number of aromatic nitrogens is 2. The summed E-state index contributed by atoms with van der Waals surface area (Å²) in [6.45, 7) is -0.517. The number of esters is 1. The van der Waals surface area contributed by atoms with E-state index in [-0.39, 0.29) is 0 Å². The van der Waals surface area contributed by atoms with E-state index in [2.05, 4.69) is 10.4 Å². The smallest absolute Gasteiger partial charge is 0.331 e. The molecule has 1 N–H and O–H groups in total. The Kier molecular flexibility index (Phi) is 7.83. The van der Waals surface area contributed by atoms with Gasteiger partial charge in [-0.1, -0.05) is 48.2 Å². The Morgan fingerprint density at radius 3 is 2.51 bits per heavy atom. The van der Waals surface area contributed by atoms with Crippen LogP contribution in [-0.4, -0.2) is 34.0 Å². The second-order valence-corrected chi connectivity index (χ2v) is 9.32. The fourth-order valence-corrected chi connectivity index (χ4v) is 4.27. The number of rotatable bonds is 9. The largest absolute Gasteiger partial charge is 0.454 e. The van der Waals surface area contributed by atoms with E-state index in [9.17, 15) is 18.4 Å². The molecular weight excluding hydrogens is 524 g/mol. The molecule has 5 rings (SSSR count). The summed E-state index contributed by atoms with van der Waals surface area (Å²) in [5, 5.41) is 8.15. The number of anilines is 1. The molecule has 0 aliphatic rings. The number of nitrogens with one attached hydrogen (secondary N) is 1. The highest BCUT2D eigenvalue weighted by atomic mass is 32.2. The normalized spacial score (nSPS) is 11.4. The summed E-state index contributed by atoms with van der Waals surface area (Å²) in [7, 11) is 0. The second-order valence-electron chi connectivity index (χ2n) is 8.25. The standard InChI is InChI=1S/C29H21F2N3O4S/c30-29(31)39-23-13-11-21(12-14-23)32-26(35)18-37-27(36)15-10-20-17-34(22-7-2-1-3-8-22)33-28(20)25-16-19-6-4-5-9-24(19)38-25/h1-17,29H,18H2,(H,32,35). The van der Waals surface area contributed by atoms with Gasteiger partial charge in [-0.3, -0.25) is 4.79 Å². The zero-order valence-electron chi connectivity index (χ0n) is 20.3. The van der Waals surface area contributed by atoms with Crippen LogP contribution in [0.4, 0.5) is 14.5 Å². The Hall–Kier alpha value is -4.70. The number of hydrogen-bond donors (Lipinski definition) is 1. The monoisotopic (exact) mass is 545 g/mol. The average molecular weight is 546 g/mol. The lowest BCUT2D eigenvalue weighted by atomic mass is 10.2. The third-order valence-corrected chi connectivity index (χ3v) is 6.25. The van der Waals surface area contributed by atoms with Crippen LogP contribution in [0.2, 0.25) is 0 Å². The molecule has 5 aromatic rings. The number of ether oxygens (including phenoxy) is 1. The lowest BCUT2D eigenvalue weighted by Crippen LogP contribution is -2.20. The molecule has 0 spiro atoms. The van der Waals surface area contributed by atoms with Crippen molar-refractivity contribution in [1.82, 2.24) is 9.78 Å². The molecule has 0 atom stereocenters. The van der Waals surface area contributed by atoms with E-state index in [1.165, 1.54) is 30.3 Å². The topological polar surface area (TPSA) is 86.4 Å². The summed E-state index contributed by atoms with van der Waals surface area (Å²) in [4.78, 5) is 24.9. The van der Waals surface area contributed by atoms with E-state index in [1.807, 2.05) is 60.7 Å². The van der Waals surface area contributed by atoms with E-state index in [0.29, 0.717) is 44.9 Å². The number of carbonyl (C=O) groups excluding carboxylic acids is 2. The zero-order chi connectivity index (χ0) is 27.2. The molecule has 3 aromatic carbocycles. The summed E-state index contributed by atoms with van der Waals surface area (Å²) in [6.07, 6.45) is 4.53. The average Bonchev–Trinajstić information content (AvgIpc) is 3.56. The quantitative estimate of drug-likeness (QED) is 0.125. The number of fused-ring (bicyclic) bond motifs is 1. The lowest BCUT2D eigenvalue weighted by molar-refractivity contribution is -0.142. The Bertz CT molecular complexity index is 1600. The predicted octanol–water partition coefficient (Wildman–Crippen LogP) is 6.80. The van der Waals surface area contributed by atoms with E-state index in [0.717, 1.165) is 11.1 Å². The van der Waals surface area contributed by atoms with Crippen LogP contribution in [0.5, 0.6) is 0 Å². The summed E-state index contributed by atoms with van der Waals surface area (Å²) in [6, 6.07) is 24.9. The molecule has 0 aliphatic carbocycles. The van der Waals surface area contributed by atoms with Gasteiger partial charge in [-0.2, -0.15) is 13.9 Å². The number of hydrogen-bond acceptors (Lipinski definition) is 6. The van der Waals surface area contributed by atoms with Crippen LogP contribution in [0.15, 0.2) is 107 Å². The third-order valence-electron chi connectivity index (χ3n) is 5.53. The maximum Gasteiger partial charge on any atom is 0.331 e. The van der Waals surface area contributed by atoms with Crippen LogP contribution in [0.3, 0.4) is 0 Å². The molecule has 0 aliphatic heterocycles. The molecule has 1 amide bonds. The Morgan fingerprint density at radius 1 is 1.03 bits per heavy atom. The number of alkyl halides is 2. The molecule has 0 bridgehead atoms. The minimum absolute atomic E-state index is 0.372. The second kappa shape index (κ2) is 11.8. The first-order valence-electron chi connectivity index (χ1n) is 11.8. The Balaban J connectivity index is 1.27. The molecule has 0 saturated carbocycles. The number of benzene rings is 3. The van der Waals surface area contributed by atoms with Gasteiger partial charge in [-0.15, -0.1) is 0 Å². The number of thioether (sulfide) groups is 1. The zero-order valence-corrected chi connectivity index (χ0v) is 21.1. The van der Waals surface area contributed by atoms with Crippen LogP contribution >= 0.6 is 11.8 Å². The molecule has 10 heteroatoms. The fraction of sp³-hybridized carbons (Fsp3) is 0.0690. The molecule has 2 aromatic heterocycles. The van der Waals surface area contributed by atoms with E-state index in [1.54, 1.807) is 17.0 Å². The van der Waals surface area contributed by atoms with Crippen LogP contribution in [0.25, 0.3) is 34.2 Å². The van der Waals surface area contributed by atoms with Gasteiger partial charge < -0.3 is 14.5 Å². The SMILES string of the molecule is O=C(COC(=O)C=Cc1cn(-c2ccccc2)nc1-c1cc2ccccc2o1)Nc1ccc(SC(F)F)cc1. The molecular formula is C29H21F2N3O4S. The van der Waals surface area contributed by atoms with Crippen LogP contribution < -0.4 is 5.32 Å². The Labute approximate surface area is 226 Å². The number of nitrogens with zero attached hydrogens (tertiary/aromatic N) is 2. The third kappa shape index (κ3) is 6.60. The van der Waals surface area contributed by atoms with Crippen molar-refractivity contribution >= 4 is 46.4 Å². The van der Waals surface area contributed by atoms with Crippen molar-refractivity contribution < 1.29 is 27.5 Å². The van der Waals surface area contributed by atoms with Gasteiger partial charge in [0.05, 0.1) is 5.69 Å². The molecule has 196 valence electrons. The summed E-state index contributed by atoms with van der Waals surface area (Å²) < 4.78 is 37.6. The van der Waals surface area contributed by atoms with Crippen LogP contribution in [-0.2, 0) is 14.3 Å². The van der Waals surface area contributed by atoms with E-state index >= 15 is 0 Å². The highest BCUT2D eigenvalue weighted by Gasteiger charge is 2.16. The van der Waals surface area contributed by atoms with Crippen molar-refractivity contribution in [3.63, 3.8) is 0 Å². The van der Waals surface area contributed by atoms with E-state index in [4.69, 9.17) is 9.15 Å². The molecule has 0 fully saturated rings. The van der Waals surface area contributed by atoms with Gasteiger partial charge in [-0.05, 0) is 54.6 Å². The first kappa shape index (κ1) is 25.9. The number of furan rings is 1. The van der Waals surface area contributed by atoms with Gasteiger partial charge in [-0.25, -0.2) is 9.48 Å². The molecule has 2 heterocycles. The highest BCUT2D eigenvalue weighted by Crippen LogP contribution is 2.30. The molecule has 0 radical (unpaired) electrons. The van der Waals surface area contributed by atoms with Gasteiger partial charge >= 0.3 is 5.97 Å². The molecule has 0 unspecified atom stereocenters. The first-order valence-corrected chi connectivity index (χ1v) is 12.7. The van der Waals surface area contributed by atoms with Crippen molar-refractivity contribution in [3.05, 3.63) is 103 Å². The van der Waals surface area contributed by atoms with E-state index < -0.39 is 24.2 Å². The first-order chi connectivity index (χ1) is 18.9. The predicted molar refractivity (Wildman–Crippen MR) is 146 cm³/mol. The molecule has 0 saturated heterocycles. The Morgan fingerprint density at radius 2 is 1.77 bits per heavy atom. The summed E-state index contributed by atoms with van der Waals surface area (Å²) >= 11 is 0.409. The van der Waals surface area contributed by atoms with Gasteiger partial charge in [0.25, 0.3) is 11.7 Å².